The summed E-state index contributed by atoms with van der Waals surface area (Å²) in [6.45, 7) is 16.7. The van der Waals surface area contributed by atoms with Gasteiger partial charge in [-0.2, -0.15) is 0 Å². The van der Waals surface area contributed by atoms with Gasteiger partial charge in [0.15, 0.2) is 0 Å². The number of aliphatic hydroxyl groups is 1. The van der Waals surface area contributed by atoms with E-state index in [2.05, 4.69) is 59.1 Å². The molecule has 3 atom stereocenters. The molecule has 2 amide bonds. The largest absolute Gasteiger partial charge is 0.383 e. The molecule has 3 unspecified atom stereocenters. The van der Waals surface area contributed by atoms with Crippen LogP contribution in [0.1, 0.15) is 87.5 Å². The van der Waals surface area contributed by atoms with E-state index in [-0.39, 0.29) is 35.2 Å². The number of rotatable bonds is 9. The number of aliphatic hydroxyl groups excluding tert-OH is 1. The molecule has 0 bridgehead atoms. The van der Waals surface area contributed by atoms with Gasteiger partial charge in [-0.15, -0.1) is 0 Å². The van der Waals surface area contributed by atoms with Crippen molar-refractivity contribution < 1.29 is 14.7 Å². The average Bonchev–Trinajstić information content (AvgIpc) is 2.43. The Balaban J connectivity index is 4.72. The molecular weight excluding hydrogens is 316 g/mol. The third kappa shape index (κ3) is 10.5. The van der Waals surface area contributed by atoms with Crippen LogP contribution in [0.2, 0.25) is 0 Å². The predicted molar refractivity (Wildman–Crippen MR) is 103 cm³/mol. The maximum Gasteiger partial charge on any atom is 0.249 e. The van der Waals surface area contributed by atoms with Crippen molar-refractivity contribution in [3.05, 3.63) is 0 Å². The summed E-state index contributed by atoms with van der Waals surface area (Å²) < 4.78 is 0. The summed E-state index contributed by atoms with van der Waals surface area (Å²) in [5.74, 6) is -0.742. The van der Waals surface area contributed by atoms with E-state index in [9.17, 15) is 14.7 Å². The Labute approximate surface area is 154 Å². The smallest absolute Gasteiger partial charge is 0.249 e. The zero-order valence-electron chi connectivity index (χ0n) is 17.5. The second-order valence-electron chi connectivity index (χ2n) is 9.37. The second kappa shape index (κ2) is 10.1. The monoisotopic (exact) mass is 356 g/mol. The van der Waals surface area contributed by atoms with Crippen LogP contribution in [-0.2, 0) is 9.59 Å². The van der Waals surface area contributed by atoms with E-state index in [1.807, 2.05) is 6.92 Å². The molecule has 5 nitrogen and oxygen atoms in total. The fourth-order valence-electron chi connectivity index (χ4n) is 2.74. The lowest BCUT2D eigenvalue weighted by atomic mass is 9.77. The zero-order valence-corrected chi connectivity index (χ0v) is 17.5. The Morgan fingerprint density at radius 1 is 1.00 bits per heavy atom. The molecule has 0 radical (unpaired) electrons. The molecule has 25 heavy (non-hydrogen) atoms. The van der Waals surface area contributed by atoms with E-state index in [4.69, 9.17) is 0 Å². The van der Waals surface area contributed by atoms with Gasteiger partial charge in [0.25, 0.3) is 0 Å². The maximum absolute atomic E-state index is 12.4. The van der Waals surface area contributed by atoms with Gasteiger partial charge in [0.1, 0.15) is 6.10 Å². The Kier molecular flexibility index (Phi) is 9.70. The molecule has 0 saturated carbocycles. The van der Waals surface area contributed by atoms with E-state index in [0.29, 0.717) is 0 Å². The van der Waals surface area contributed by atoms with Crippen LogP contribution in [0.25, 0.3) is 0 Å². The third-order valence-electron chi connectivity index (χ3n) is 4.35. The predicted octanol–water partition coefficient (Wildman–Crippen LogP) is 3.40. The topological polar surface area (TPSA) is 78.4 Å². The lowest BCUT2D eigenvalue weighted by Gasteiger charge is -2.36. The zero-order chi connectivity index (χ0) is 19.8. The van der Waals surface area contributed by atoms with Gasteiger partial charge >= 0.3 is 0 Å². The quantitative estimate of drug-likeness (QED) is 0.592. The fourth-order valence-corrected chi connectivity index (χ4v) is 2.74. The molecule has 0 saturated heterocycles. The third-order valence-corrected chi connectivity index (χ3v) is 4.35. The van der Waals surface area contributed by atoms with Gasteiger partial charge in [-0.25, -0.2) is 0 Å². The highest BCUT2D eigenvalue weighted by Gasteiger charge is 2.32. The standard InChI is InChI=1S/C20H40N2O3/c1-9-11-14(10-2)21-17(24)12-15(23)18(25)22-16(20(6,7)8)13-19(3,4)5/h14-16,23H,9-13H2,1-8H3,(H,21,24)(H,22,25). The number of nitrogens with one attached hydrogen (secondary N) is 2. The summed E-state index contributed by atoms with van der Waals surface area (Å²) in [5.41, 5.74) is -0.0681. The molecule has 0 spiro atoms. The Morgan fingerprint density at radius 3 is 1.96 bits per heavy atom. The number of carbonyl (C=O) groups excluding carboxylic acids is 2. The molecule has 5 heteroatoms. The van der Waals surface area contributed by atoms with Crippen LogP contribution in [0.4, 0.5) is 0 Å². The Bertz CT molecular complexity index is 422. The minimum Gasteiger partial charge on any atom is -0.383 e. The first-order valence-electron chi connectivity index (χ1n) is 9.58. The van der Waals surface area contributed by atoms with E-state index >= 15 is 0 Å². The summed E-state index contributed by atoms with van der Waals surface area (Å²) in [5, 5.41) is 16.0. The SMILES string of the molecule is CCCC(CC)NC(=O)CC(O)C(=O)NC(CC(C)(C)C)C(C)(C)C. The molecule has 0 fully saturated rings. The molecule has 0 aliphatic heterocycles. The normalized spacial score (nSPS) is 16.0. The van der Waals surface area contributed by atoms with Crippen molar-refractivity contribution in [1.29, 1.82) is 0 Å². The van der Waals surface area contributed by atoms with E-state index in [1.165, 1.54) is 0 Å². The summed E-state index contributed by atoms with van der Waals surface area (Å²) >= 11 is 0. The second-order valence-corrected chi connectivity index (χ2v) is 9.37. The Morgan fingerprint density at radius 2 is 1.56 bits per heavy atom. The average molecular weight is 357 g/mol. The van der Waals surface area contributed by atoms with Crippen molar-refractivity contribution in [2.24, 2.45) is 10.8 Å². The molecule has 0 rings (SSSR count). The van der Waals surface area contributed by atoms with Gasteiger partial charge in [-0.1, -0.05) is 61.8 Å². The van der Waals surface area contributed by atoms with E-state index in [1.54, 1.807) is 0 Å². The number of hydrogen-bond acceptors (Lipinski definition) is 3. The van der Waals surface area contributed by atoms with Crippen molar-refractivity contribution in [2.75, 3.05) is 0 Å². The highest BCUT2D eigenvalue weighted by molar-refractivity contribution is 5.87. The minimum absolute atomic E-state index is 0.0576. The highest BCUT2D eigenvalue weighted by Crippen LogP contribution is 2.30. The van der Waals surface area contributed by atoms with Gasteiger partial charge in [0.2, 0.25) is 11.8 Å². The van der Waals surface area contributed by atoms with E-state index in [0.717, 1.165) is 25.7 Å². The van der Waals surface area contributed by atoms with Gasteiger partial charge in [0, 0.05) is 12.1 Å². The van der Waals surface area contributed by atoms with Crippen LogP contribution >= 0.6 is 0 Å². The van der Waals surface area contributed by atoms with Crippen molar-refractivity contribution in [2.45, 2.75) is 106 Å². The summed E-state index contributed by atoms with van der Waals surface area (Å²) in [4.78, 5) is 24.4. The van der Waals surface area contributed by atoms with Crippen LogP contribution in [0, 0.1) is 10.8 Å². The number of hydrogen-bond donors (Lipinski definition) is 3. The summed E-state index contributed by atoms with van der Waals surface area (Å²) in [6, 6.07) is 0.0390. The first-order chi connectivity index (χ1) is 11.3. The maximum atomic E-state index is 12.4. The lowest BCUT2D eigenvalue weighted by Crippen LogP contribution is -2.50. The first-order valence-corrected chi connectivity index (χ1v) is 9.58. The number of amides is 2. The fraction of sp³-hybridized carbons (Fsp3) is 0.900. The van der Waals surface area contributed by atoms with E-state index < -0.39 is 12.0 Å². The summed E-state index contributed by atoms with van der Waals surface area (Å²) in [7, 11) is 0. The summed E-state index contributed by atoms with van der Waals surface area (Å²) in [6.07, 6.45) is 2.03. The molecule has 3 N–H and O–H groups in total. The van der Waals surface area contributed by atoms with Gasteiger partial charge in [-0.05, 0) is 30.1 Å². The van der Waals surface area contributed by atoms with Crippen LogP contribution in [0.5, 0.6) is 0 Å². The molecule has 0 aliphatic carbocycles. The van der Waals surface area contributed by atoms with Gasteiger partial charge < -0.3 is 15.7 Å². The van der Waals surface area contributed by atoms with Crippen molar-refractivity contribution >= 4 is 11.8 Å². The molecular formula is C20H40N2O3. The molecule has 0 aromatic heterocycles. The van der Waals surface area contributed by atoms with Crippen LogP contribution in [0.15, 0.2) is 0 Å². The Hall–Kier alpha value is -1.10. The van der Waals surface area contributed by atoms with Crippen molar-refractivity contribution in [3.8, 4) is 0 Å². The highest BCUT2D eigenvalue weighted by atomic mass is 16.3. The van der Waals surface area contributed by atoms with Crippen LogP contribution in [-0.4, -0.2) is 35.1 Å². The van der Waals surface area contributed by atoms with Gasteiger partial charge in [0.05, 0.1) is 6.42 Å². The van der Waals surface area contributed by atoms with Crippen molar-refractivity contribution in [3.63, 3.8) is 0 Å². The molecule has 148 valence electrons. The molecule has 0 aromatic carbocycles. The molecule has 0 aromatic rings. The first kappa shape index (κ1) is 23.9. The minimum atomic E-state index is -1.32. The van der Waals surface area contributed by atoms with Crippen molar-refractivity contribution in [1.82, 2.24) is 10.6 Å². The molecule has 0 heterocycles. The lowest BCUT2D eigenvalue weighted by molar-refractivity contribution is -0.136. The van der Waals surface area contributed by atoms with Crippen LogP contribution < -0.4 is 10.6 Å². The van der Waals surface area contributed by atoms with Crippen LogP contribution in [0.3, 0.4) is 0 Å². The van der Waals surface area contributed by atoms with Gasteiger partial charge in [-0.3, -0.25) is 9.59 Å². The molecule has 0 aliphatic rings. The number of carbonyl (C=O) groups is 2.